The van der Waals surface area contributed by atoms with E-state index in [4.69, 9.17) is 0 Å². The fourth-order valence-corrected chi connectivity index (χ4v) is 1.35. The molecule has 1 aliphatic rings. The van der Waals surface area contributed by atoms with Crippen LogP contribution in [-0.2, 0) is 9.59 Å². The molecular formula is C9H7FN2O2. The van der Waals surface area contributed by atoms with Gasteiger partial charge in [0.1, 0.15) is 0 Å². The van der Waals surface area contributed by atoms with Crippen LogP contribution in [0.4, 0.5) is 10.1 Å². The summed E-state index contributed by atoms with van der Waals surface area (Å²) in [7, 11) is 0. The lowest BCUT2D eigenvalue weighted by Gasteiger charge is -2.13. The number of carbonyl (C=O) groups is 2. The number of amides is 1. The first-order chi connectivity index (χ1) is 6.66. The Kier molecular flexibility index (Phi) is 1.99. The standard InChI is InChI=1S/C9H7FN2O2/c10-8-2-1-6(4-11-8)12-5-7(13)3-9(12)14/h1-2,4H,3,5H2. The summed E-state index contributed by atoms with van der Waals surface area (Å²) in [5.41, 5.74) is 0.460. The second-order valence-corrected chi connectivity index (χ2v) is 3.03. The van der Waals surface area contributed by atoms with Gasteiger partial charge >= 0.3 is 0 Å². The number of carbonyl (C=O) groups excluding carboxylic acids is 2. The molecule has 1 saturated heterocycles. The molecule has 1 amide bonds. The van der Waals surface area contributed by atoms with Gasteiger partial charge in [-0.05, 0) is 12.1 Å². The van der Waals surface area contributed by atoms with Crippen molar-refractivity contribution >= 4 is 17.4 Å². The van der Waals surface area contributed by atoms with E-state index in [2.05, 4.69) is 4.98 Å². The number of Topliss-reactive ketones (excluding diaryl/α,β-unsaturated/α-hetero) is 1. The zero-order valence-corrected chi connectivity index (χ0v) is 7.24. The van der Waals surface area contributed by atoms with Crippen LogP contribution >= 0.6 is 0 Å². The molecule has 0 saturated carbocycles. The van der Waals surface area contributed by atoms with Crippen molar-refractivity contribution in [2.45, 2.75) is 6.42 Å². The highest BCUT2D eigenvalue weighted by Gasteiger charge is 2.28. The van der Waals surface area contributed by atoms with Gasteiger partial charge in [-0.1, -0.05) is 0 Å². The topological polar surface area (TPSA) is 50.3 Å². The van der Waals surface area contributed by atoms with Crippen LogP contribution < -0.4 is 4.90 Å². The molecule has 1 aliphatic heterocycles. The van der Waals surface area contributed by atoms with Gasteiger partial charge in [0.2, 0.25) is 11.9 Å². The Balaban J connectivity index is 2.27. The number of rotatable bonds is 1. The summed E-state index contributed by atoms with van der Waals surface area (Å²) < 4.78 is 12.5. The number of ketones is 1. The number of nitrogens with zero attached hydrogens (tertiary/aromatic N) is 2. The molecule has 5 heteroatoms. The lowest BCUT2D eigenvalue weighted by Crippen LogP contribution is -2.24. The van der Waals surface area contributed by atoms with E-state index in [1.165, 1.54) is 17.2 Å². The van der Waals surface area contributed by atoms with Crippen molar-refractivity contribution in [2.75, 3.05) is 11.4 Å². The van der Waals surface area contributed by atoms with Gasteiger partial charge < -0.3 is 4.90 Å². The molecule has 72 valence electrons. The van der Waals surface area contributed by atoms with Crippen LogP contribution in [0.15, 0.2) is 18.3 Å². The van der Waals surface area contributed by atoms with E-state index >= 15 is 0 Å². The van der Waals surface area contributed by atoms with E-state index in [1.807, 2.05) is 0 Å². The third kappa shape index (κ3) is 1.48. The van der Waals surface area contributed by atoms with Crippen LogP contribution in [0.25, 0.3) is 0 Å². The molecule has 2 rings (SSSR count). The normalized spacial score (nSPS) is 16.5. The average Bonchev–Trinajstić information content (AvgIpc) is 2.47. The van der Waals surface area contributed by atoms with Crippen LogP contribution in [0.5, 0.6) is 0 Å². The van der Waals surface area contributed by atoms with Crippen molar-refractivity contribution in [3.05, 3.63) is 24.3 Å². The molecule has 0 aromatic carbocycles. The first-order valence-electron chi connectivity index (χ1n) is 4.10. The van der Waals surface area contributed by atoms with Crippen LogP contribution in [0.3, 0.4) is 0 Å². The zero-order valence-electron chi connectivity index (χ0n) is 7.24. The second kappa shape index (κ2) is 3.17. The number of aromatic nitrogens is 1. The highest BCUT2D eigenvalue weighted by Crippen LogP contribution is 2.18. The number of hydrogen-bond acceptors (Lipinski definition) is 3. The number of anilines is 1. The second-order valence-electron chi connectivity index (χ2n) is 3.03. The van der Waals surface area contributed by atoms with Crippen molar-refractivity contribution in [1.29, 1.82) is 0 Å². The Morgan fingerprint density at radius 3 is 2.64 bits per heavy atom. The fourth-order valence-electron chi connectivity index (χ4n) is 1.35. The average molecular weight is 194 g/mol. The maximum atomic E-state index is 12.5. The monoisotopic (exact) mass is 194 g/mol. The number of pyridine rings is 1. The molecule has 2 heterocycles. The van der Waals surface area contributed by atoms with Crippen LogP contribution in [0.1, 0.15) is 6.42 Å². The van der Waals surface area contributed by atoms with Crippen molar-refractivity contribution in [1.82, 2.24) is 4.98 Å². The summed E-state index contributed by atoms with van der Waals surface area (Å²) in [6, 6.07) is 2.59. The molecule has 0 atom stereocenters. The van der Waals surface area contributed by atoms with Crippen molar-refractivity contribution in [2.24, 2.45) is 0 Å². The SMILES string of the molecule is O=C1CC(=O)N(c2ccc(F)nc2)C1. The van der Waals surface area contributed by atoms with Gasteiger partial charge in [-0.25, -0.2) is 4.98 Å². The largest absolute Gasteiger partial charge is 0.303 e. The molecule has 4 nitrogen and oxygen atoms in total. The quantitative estimate of drug-likeness (QED) is 0.484. The van der Waals surface area contributed by atoms with E-state index in [0.29, 0.717) is 5.69 Å². The minimum absolute atomic E-state index is 0.0617. The molecule has 0 aliphatic carbocycles. The summed E-state index contributed by atoms with van der Waals surface area (Å²) in [4.78, 5) is 26.9. The molecule has 0 bridgehead atoms. The zero-order chi connectivity index (χ0) is 10.1. The highest BCUT2D eigenvalue weighted by molar-refractivity contribution is 6.14. The molecule has 14 heavy (non-hydrogen) atoms. The Bertz CT molecular complexity index is 388. The first kappa shape index (κ1) is 8.80. The molecule has 1 aromatic heterocycles. The lowest BCUT2D eigenvalue weighted by molar-refractivity contribution is -0.121. The third-order valence-corrected chi connectivity index (χ3v) is 2.01. The maximum absolute atomic E-state index is 12.5. The molecule has 1 fully saturated rings. The van der Waals surface area contributed by atoms with Gasteiger partial charge in [0.15, 0.2) is 5.78 Å². The molecule has 0 spiro atoms. The summed E-state index contributed by atoms with van der Waals surface area (Å²) in [6.45, 7) is 0.0617. The fraction of sp³-hybridized carbons (Fsp3) is 0.222. The molecular weight excluding hydrogens is 187 g/mol. The summed E-state index contributed by atoms with van der Waals surface area (Å²) in [5, 5.41) is 0. The van der Waals surface area contributed by atoms with Gasteiger partial charge in [0.25, 0.3) is 0 Å². The van der Waals surface area contributed by atoms with Gasteiger partial charge in [0, 0.05) is 0 Å². The molecule has 1 aromatic rings. The first-order valence-corrected chi connectivity index (χ1v) is 4.10. The molecule has 0 N–H and O–H groups in total. The van der Waals surface area contributed by atoms with E-state index in [9.17, 15) is 14.0 Å². The van der Waals surface area contributed by atoms with Gasteiger partial charge in [-0.2, -0.15) is 4.39 Å². The molecule has 0 radical (unpaired) electrons. The minimum Gasteiger partial charge on any atom is -0.303 e. The predicted molar refractivity (Wildman–Crippen MR) is 46.2 cm³/mol. The van der Waals surface area contributed by atoms with Crippen LogP contribution in [0, 0.1) is 5.95 Å². The van der Waals surface area contributed by atoms with Gasteiger partial charge in [-0.15, -0.1) is 0 Å². The minimum atomic E-state index is -0.605. The van der Waals surface area contributed by atoms with Crippen LogP contribution in [0.2, 0.25) is 0 Å². The van der Waals surface area contributed by atoms with Crippen molar-refractivity contribution in [3.8, 4) is 0 Å². The van der Waals surface area contributed by atoms with Crippen LogP contribution in [-0.4, -0.2) is 23.2 Å². The van der Waals surface area contributed by atoms with E-state index in [1.54, 1.807) is 0 Å². The summed E-state index contributed by atoms with van der Waals surface area (Å²) in [6.07, 6.45) is 1.17. The van der Waals surface area contributed by atoms with Gasteiger partial charge in [-0.3, -0.25) is 9.59 Å². The summed E-state index contributed by atoms with van der Waals surface area (Å²) in [5.74, 6) is -0.991. The number of hydrogen-bond donors (Lipinski definition) is 0. The Labute approximate surface area is 79.4 Å². The summed E-state index contributed by atoms with van der Waals surface area (Å²) >= 11 is 0. The van der Waals surface area contributed by atoms with Crippen molar-refractivity contribution < 1.29 is 14.0 Å². The smallest absolute Gasteiger partial charge is 0.234 e. The number of halogens is 1. The Morgan fingerprint density at radius 1 is 1.36 bits per heavy atom. The highest BCUT2D eigenvalue weighted by atomic mass is 19.1. The van der Waals surface area contributed by atoms with E-state index < -0.39 is 5.95 Å². The third-order valence-electron chi connectivity index (χ3n) is 2.01. The van der Waals surface area contributed by atoms with E-state index in [-0.39, 0.29) is 24.7 Å². The Hall–Kier alpha value is -1.78. The van der Waals surface area contributed by atoms with Crippen molar-refractivity contribution in [3.63, 3.8) is 0 Å². The lowest BCUT2D eigenvalue weighted by atomic mass is 10.3. The predicted octanol–water partition coefficient (Wildman–Crippen LogP) is 0.526. The van der Waals surface area contributed by atoms with Gasteiger partial charge in [0.05, 0.1) is 24.8 Å². The maximum Gasteiger partial charge on any atom is 0.234 e. The molecule has 0 unspecified atom stereocenters. The van der Waals surface area contributed by atoms with E-state index in [0.717, 1.165) is 6.07 Å². The Morgan fingerprint density at radius 2 is 2.14 bits per heavy atom.